The van der Waals surface area contributed by atoms with E-state index in [9.17, 15) is 4.79 Å². The smallest absolute Gasteiger partial charge is 0.295 e. The van der Waals surface area contributed by atoms with Crippen molar-refractivity contribution in [2.45, 2.75) is 20.4 Å². The zero-order valence-corrected chi connectivity index (χ0v) is 11.9. The Morgan fingerprint density at radius 1 is 1.42 bits per heavy atom. The van der Waals surface area contributed by atoms with Gasteiger partial charge in [-0.15, -0.1) is 0 Å². The summed E-state index contributed by atoms with van der Waals surface area (Å²) in [5.74, 6) is 2.67. The first-order valence-corrected chi connectivity index (χ1v) is 7.39. The van der Waals surface area contributed by atoms with Crippen LogP contribution in [0.5, 0.6) is 0 Å². The van der Waals surface area contributed by atoms with Crippen LogP contribution in [0.4, 0.5) is 0 Å². The molecule has 0 bridgehead atoms. The van der Waals surface area contributed by atoms with E-state index in [0.29, 0.717) is 24.0 Å². The summed E-state index contributed by atoms with van der Waals surface area (Å²) in [5, 5.41) is 3.80. The third-order valence-electron chi connectivity index (χ3n) is 2.49. The van der Waals surface area contributed by atoms with Gasteiger partial charge in [0, 0.05) is 18.5 Å². The Bertz CT molecular complexity index is 563. The van der Waals surface area contributed by atoms with Crippen LogP contribution in [-0.2, 0) is 6.54 Å². The van der Waals surface area contributed by atoms with E-state index < -0.39 is 5.76 Å². The third kappa shape index (κ3) is 3.70. The molecule has 19 heavy (non-hydrogen) atoms. The number of thioether (sulfide) groups is 1. The molecule has 0 atom stereocenters. The molecular formula is C13H17N3O2S. The summed E-state index contributed by atoms with van der Waals surface area (Å²) in [4.78, 5) is 15.8. The lowest BCUT2D eigenvalue weighted by Gasteiger charge is -2.05. The van der Waals surface area contributed by atoms with Gasteiger partial charge in [-0.1, -0.05) is 25.1 Å². The lowest BCUT2D eigenvalue weighted by molar-refractivity contribution is 0.377. The molecule has 0 aromatic carbocycles. The number of pyridine rings is 1. The first-order valence-electron chi connectivity index (χ1n) is 6.24. The Balaban J connectivity index is 2.08. The zero-order chi connectivity index (χ0) is 13.7. The SMILES string of the molecule is CC(C)CSCCn1c(-c2ccccn2)noc1=O. The van der Waals surface area contributed by atoms with E-state index in [0.717, 1.165) is 11.5 Å². The van der Waals surface area contributed by atoms with E-state index in [1.54, 1.807) is 6.20 Å². The van der Waals surface area contributed by atoms with Crippen molar-refractivity contribution in [3.05, 3.63) is 34.9 Å². The fourth-order valence-corrected chi connectivity index (χ4v) is 2.57. The molecule has 2 heterocycles. The van der Waals surface area contributed by atoms with Crippen LogP contribution in [-0.4, -0.2) is 26.2 Å². The fraction of sp³-hybridized carbons (Fsp3) is 0.462. The molecule has 6 heteroatoms. The molecule has 2 aromatic heterocycles. The van der Waals surface area contributed by atoms with Crippen molar-refractivity contribution in [3.63, 3.8) is 0 Å². The van der Waals surface area contributed by atoms with Gasteiger partial charge in [0.1, 0.15) is 5.69 Å². The average Bonchev–Trinajstić information content (AvgIpc) is 2.77. The van der Waals surface area contributed by atoms with Crippen LogP contribution in [0.15, 0.2) is 33.7 Å². The van der Waals surface area contributed by atoms with Gasteiger partial charge in [0.05, 0.1) is 0 Å². The Kier molecular flexibility index (Phi) is 4.79. The van der Waals surface area contributed by atoms with Gasteiger partial charge < -0.3 is 0 Å². The highest BCUT2D eigenvalue weighted by Gasteiger charge is 2.13. The van der Waals surface area contributed by atoms with Crippen molar-refractivity contribution in [2.24, 2.45) is 5.92 Å². The van der Waals surface area contributed by atoms with E-state index in [-0.39, 0.29) is 0 Å². The summed E-state index contributed by atoms with van der Waals surface area (Å²) in [7, 11) is 0. The van der Waals surface area contributed by atoms with Crippen LogP contribution in [0.25, 0.3) is 11.5 Å². The van der Waals surface area contributed by atoms with Gasteiger partial charge in [0.15, 0.2) is 0 Å². The van der Waals surface area contributed by atoms with Crippen LogP contribution in [0.2, 0.25) is 0 Å². The standard InChI is InChI=1S/C13H17N3O2S/c1-10(2)9-19-8-7-16-12(15-18-13(16)17)11-5-3-4-6-14-11/h3-6,10H,7-9H2,1-2H3. The molecule has 0 aliphatic rings. The lowest BCUT2D eigenvalue weighted by Crippen LogP contribution is -2.17. The zero-order valence-electron chi connectivity index (χ0n) is 11.1. The molecule has 102 valence electrons. The Morgan fingerprint density at radius 2 is 2.26 bits per heavy atom. The van der Waals surface area contributed by atoms with Gasteiger partial charge >= 0.3 is 5.76 Å². The van der Waals surface area contributed by atoms with Crippen LogP contribution < -0.4 is 5.76 Å². The van der Waals surface area contributed by atoms with Gasteiger partial charge in [-0.3, -0.25) is 14.1 Å². The molecule has 0 N–H and O–H groups in total. The number of hydrogen-bond acceptors (Lipinski definition) is 5. The highest BCUT2D eigenvalue weighted by atomic mass is 32.2. The number of nitrogens with zero attached hydrogens (tertiary/aromatic N) is 3. The Morgan fingerprint density at radius 3 is 2.95 bits per heavy atom. The molecule has 0 spiro atoms. The predicted octanol–water partition coefficient (Wildman–Crippen LogP) is 2.29. The summed E-state index contributed by atoms with van der Waals surface area (Å²) < 4.78 is 6.27. The molecule has 0 saturated carbocycles. The van der Waals surface area contributed by atoms with E-state index >= 15 is 0 Å². The van der Waals surface area contributed by atoms with Crippen molar-refractivity contribution in [1.82, 2.24) is 14.7 Å². The van der Waals surface area contributed by atoms with Crippen LogP contribution in [0.3, 0.4) is 0 Å². The monoisotopic (exact) mass is 279 g/mol. The Hall–Kier alpha value is -1.56. The summed E-state index contributed by atoms with van der Waals surface area (Å²) in [5.41, 5.74) is 0.655. The maximum Gasteiger partial charge on any atom is 0.441 e. The van der Waals surface area contributed by atoms with Crippen molar-refractivity contribution in [2.75, 3.05) is 11.5 Å². The van der Waals surface area contributed by atoms with Crippen LogP contribution in [0.1, 0.15) is 13.8 Å². The second-order valence-electron chi connectivity index (χ2n) is 4.61. The number of rotatable bonds is 6. The fourth-order valence-electron chi connectivity index (χ4n) is 1.62. The van der Waals surface area contributed by atoms with Crippen molar-refractivity contribution < 1.29 is 4.52 Å². The molecule has 0 fully saturated rings. The lowest BCUT2D eigenvalue weighted by atomic mass is 10.3. The average molecular weight is 279 g/mol. The largest absolute Gasteiger partial charge is 0.441 e. The highest BCUT2D eigenvalue weighted by Crippen LogP contribution is 2.13. The molecule has 0 unspecified atom stereocenters. The van der Waals surface area contributed by atoms with Crippen LogP contribution in [0, 0.1) is 5.92 Å². The first kappa shape index (κ1) is 13.9. The molecule has 0 radical (unpaired) electrons. The predicted molar refractivity (Wildman–Crippen MR) is 76.2 cm³/mol. The first-order chi connectivity index (χ1) is 9.18. The van der Waals surface area contributed by atoms with Crippen molar-refractivity contribution in [1.29, 1.82) is 0 Å². The summed E-state index contributed by atoms with van der Waals surface area (Å²) in [6.07, 6.45) is 1.67. The van der Waals surface area contributed by atoms with E-state index in [1.807, 2.05) is 30.0 Å². The second kappa shape index (κ2) is 6.56. The molecule has 0 saturated heterocycles. The maximum atomic E-state index is 11.6. The number of aromatic nitrogens is 3. The quantitative estimate of drug-likeness (QED) is 0.759. The van der Waals surface area contributed by atoms with Gasteiger partial charge in [-0.05, 0) is 23.8 Å². The Labute approximate surface area is 116 Å². The van der Waals surface area contributed by atoms with E-state index in [1.165, 1.54) is 4.57 Å². The van der Waals surface area contributed by atoms with E-state index in [4.69, 9.17) is 4.52 Å². The summed E-state index contributed by atoms with van der Waals surface area (Å²) in [6.45, 7) is 4.95. The molecule has 5 nitrogen and oxygen atoms in total. The highest BCUT2D eigenvalue weighted by molar-refractivity contribution is 7.99. The minimum Gasteiger partial charge on any atom is -0.295 e. The molecule has 2 aromatic rings. The third-order valence-corrected chi connectivity index (χ3v) is 3.86. The molecule has 2 rings (SSSR count). The number of hydrogen-bond donors (Lipinski definition) is 0. The minimum absolute atomic E-state index is 0.425. The van der Waals surface area contributed by atoms with Gasteiger partial charge in [0.2, 0.25) is 5.82 Å². The summed E-state index contributed by atoms with van der Waals surface area (Å²) in [6, 6.07) is 5.50. The van der Waals surface area contributed by atoms with Gasteiger partial charge in [-0.25, -0.2) is 4.79 Å². The van der Waals surface area contributed by atoms with Crippen molar-refractivity contribution >= 4 is 11.8 Å². The molecule has 0 amide bonds. The van der Waals surface area contributed by atoms with Crippen molar-refractivity contribution in [3.8, 4) is 11.5 Å². The van der Waals surface area contributed by atoms with Crippen LogP contribution >= 0.6 is 11.8 Å². The molecule has 0 aliphatic carbocycles. The topological polar surface area (TPSA) is 60.9 Å². The second-order valence-corrected chi connectivity index (χ2v) is 5.76. The summed E-state index contributed by atoms with van der Waals surface area (Å²) >= 11 is 1.82. The molecular weight excluding hydrogens is 262 g/mol. The normalized spacial score (nSPS) is 11.1. The van der Waals surface area contributed by atoms with Gasteiger partial charge in [0.25, 0.3) is 0 Å². The minimum atomic E-state index is -0.425. The molecule has 0 aliphatic heterocycles. The van der Waals surface area contributed by atoms with E-state index in [2.05, 4.69) is 24.0 Å². The maximum absolute atomic E-state index is 11.6. The van der Waals surface area contributed by atoms with Gasteiger partial charge in [-0.2, -0.15) is 11.8 Å².